The predicted octanol–water partition coefficient (Wildman–Crippen LogP) is 12.8. The van der Waals surface area contributed by atoms with Crippen LogP contribution in [-0.2, 0) is 73.6 Å². The molecule has 0 radical (unpaired) electrons. The summed E-state index contributed by atoms with van der Waals surface area (Å²) in [5, 5.41) is 34.2. The molecule has 3 aliphatic heterocycles. The maximum atomic E-state index is 14.6. The van der Waals surface area contributed by atoms with E-state index in [9.17, 15) is 22.8 Å². The lowest BCUT2D eigenvalue weighted by molar-refractivity contribution is 0.0822. The number of nitrogens with one attached hydrogen (secondary N) is 5. The molecular weight excluding hydrogens is 1560 g/mol. The van der Waals surface area contributed by atoms with Gasteiger partial charge in [-0.05, 0) is 120 Å². The fraction of sp³-hybridized carbons (Fsp3) is 0.264. The molecule has 13 aromatic heterocycles. The summed E-state index contributed by atoms with van der Waals surface area (Å²) in [7, 11) is 12.4. The lowest BCUT2D eigenvalue weighted by atomic mass is 10.0. The SMILES string of the molecule is CNC(=O)c1cn2c(NCc3c(F)ccc4c3CCO4)ncc(-c3cc(C)nn3C)c2n1.Cc1cc(-c2cnc(NCc3c(F)ccc4c3CCO4)n3cc(C(=O)N(C)C)nc23)n(C)n1.Cc1cn2c(NCc3c(F)ccc4occc34)ncc(-c3cc(C)nn3C)c2n1.Cc1cn2c(NCc3cccc4c3CCO4)ncc(-c3cc(C)nn3C)c2n1. The van der Waals surface area contributed by atoms with Crippen molar-refractivity contribution in [2.75, 3.05) is 62.2 Å². The van der Waals surface area contributed by atoms with Crippen molar-refractivity contribution < 1.29 is 41.4 Å². The predicted molar refractivity (Wildman–Crippen MR) is 453 cm³/mol. The Hall–Kier alpha value is -14.9. The van der Waals surface area contributed by atoms with Gasteiger partial charge in [0.2, 0.25) is 23.8 Å². The van der Waals surface area contributed by atoms with Crippen LogP contribution in [0.5, 0.6) is 17.2 Å². The van der Waals surface area contributed by atoms with Crippen molar-refractivity contribution in [3.8, 4) is 62.3 Å². The summed E-state index contributed by atoms with van der Waals surface area (Å²) in [6.07, 6.45) is 18.1. The number of carbonyl (C=O) groups is 2. The minimum atomic E-state index is -0.309. The summed E-state index contributed by atoms with van der Waals surface area (Å²) in [4.78, 5) is 63.3. The third-order valence-corrected chi connectivity index (χ3v) is 21.5. The maximum Gasteiger partial charge on any atom is 0.273 e. The van der Waals surface area contributed by atoms with E-state index in [0.29, 0.717) is 89.8 Å². The molecule has 0 spiro atoms. The van der Waals surface area contributed by atoms with E-state index in [1.165, 1.54) is 34.2 Å². The van der Waals surface area contributed by atoms with Crippen LogP contribution in [0.3, 0.4) is 0 Å². The summed E-state index contributed by atoms with van der Waals surface area (Å²) in [5.41, 5.74) is 22.2. The number of halogens is 3. The first-order valence-electron chi connectivity index (χ1n) is 39.5. The van der Waals surface area contributed by atoms with Crippen molar-refractivity contribution in [1.82, 2.24) is 107 Å². The van der Waals surface area contributed by atoms with Crippen LogP contribution in [0, 0.1) is 59.0 Å². The molecule has 3 aliphatic rings. The second-order valence-electron chi connectivity index (χ2n) is 30.2. The summed E-state index contributed by atoms with van der Waals surface area (Å²) < 4.78 is 80.3. The Bertz CT molecular complexity index is 6940. The number of rotatable bonds is 18. The first-order chi connectivity index (χ1) is 58.9. The van der Waals surface area contributed by atoms with Crippen LogP contribution in [0.25, 0.3) is 78.6 Å². The number of fused-ring (bicyclic) bond motifs is 8. The van der Waals surface area contributed by atoms with Gasteiger partial charge in [0, 0.05) is 183 Å². The van der Waals surface area contributed by atoms with Gasteiger partial charge in [0.25, 0.3) is 11.8 Å². The van der Waals surface area contributed by atoms with Crippen LogP contribution in [0.4, 0.5) is 37.0 Å². The Balaban J connectivity index is 0.000000116. The molecule has 0 unspecified atom stereocenters. The van der Waals surface area contributed by atoms with Crippen LogP contribution in [0.1, 0.15) is 94.1 Å². The molecule has 20 rings (SSSR count). The Morgan fingerprint density at radius 1 is 0.434 bits per heavy atom. The standard InChI is InChI=1S/C23H24FN7O2.C22H22FN7O2.C21H19FN6O.C21H22N6O/c1-13-9-19(30(4)28-13)16-11-26-23(31-12-18(27-21(16)31)22(32)29(2)3)25-10-15-14-7-8-33-20(14)6-5-17(15)24;1-12-8-18(29(3)28-12)15-10-26-22(30-11-17(21(31)24-2)27-20(15)30)25-9-14-13-6-7-32-19(13)5-4-16(14)23;1-12-8-18(27(3)26-12)16-10-24-21(28-11-13(2)25-20(16)28)23-9-15-14-6-7-29-19(14)5-4-17(15)22;1-13-9-18(26(3)25-13)17-11-23-21(27-12-14(2)24-20(17)27)22-10-15-5-4-6-19-16(15)7-8-28-19/h5-6,9,11-12H,7-8,10H2,1-4H3,(H,25,26);4-5,8,10-11H,6-7,9H2,1-3H3,(H,24,31)(H,25,26);4-8,10-11H,9H2,1-3H3,(H,23,24);4-6,9,11-12H,7-8,10H2,1-3H3,(H,22,23). The molecule has 0 saturated carbocycles. The number of anilines is 4. The van der Waals surface area contributed by atoms with Crippen molar-refractivity contribution in [2.24, 2.45) is 28.2 Å². The zero-order valence-corrected chi connectivity index (χ0v) is 69.3. The third-order valence-electron chi connectivity index (χ3n) is 21.5. The average molecular weight is 1650 g/mol. The second kappa shape index (κ2) is 32.8. The number of ether oxygens (including phenoxy) is 3. The quantitative estimate of drug-likeness (QED) is 0.0533. The molecule has 5 N–H and O–H groups in total. The molecule has 122 heavy (non-hydrogen) atoms. The largest absolute Gasteiger partial charge is 0.493 e. The Morgan fingerprint density at radius 2 is 0.811 bits per heavy atom. The number of furan rings is 1. The lowest BCUT2D eigenvalue weighted by Crippen LogP contribution is -2.21. The number of benzene rings is 4. The highest BCUT2D eigenvalue weighted by Crippen LogP contribution is 2.37. The Morgan fingerprint density at radius 3 is 1.24 bits per heavy atom. The summed E-state index contributed by atoms with van der Waals surface area (Å²) in [5.74, 6) is 3.28. The van der Waals surface area contributed by atoms with Gasteiger partial charge >= 0.3 is 0 Å². The lowest BCUT2D eigenvalue weighted by Gasteiger charge is -2.13. The molecule has 622 valence electrons. The van der Waals surface area contributed by atoms with E-state index in [0.717, 1.165) is 137 Å². The highest BCUT2D eigenvalue weighted by atomic mass is 19.1. The van der Waals surface area contributed by atoms with E-state index < -0.39 is 0 Å². The van der Waals surface area contributed by atoms with Gasteiger partial charge in [-0.2, -0.15) is 20.4 Å². The number of aryl methyl sites for hydroxylation is 10. The highest BCUT2D eigenvalue weighted by Gasteiger charge is 2.28. The minimum absolute atomic E-state index is 0.220. The molecule has 0 saturated heterocycles. The van der Waals surface area contributed by atoms with Gasteiger partial charge in [-0.15, -0.1) is 0 Å². The molecule has 35 heteroatoms. The van der Waals surface area contributed by atoms with E-state index in [4.69, 9.17) is 28.6 Å². The van der Waals surface area contributed by atoms with Gasteiger partial charge in [0.15, 0.2) is 22.6 Å². The van der Waals surface area contributed by atoms with Gasteiger partial charge < -0.3 is 50.1 Å². The highest BCUT2D eigenvalue weighted by molar-refractivity contribution is 5.95. The van der Waals surface area contributed by atoms with Crippen LogP contribution in [0.2, 0.25) is 0 Å². The fourth-order valence-electron chi connectivity index (χ4n) is 15.8. The van der Waals surface area contributed by atoms with Gasteiger partial charge in [-0.1, -0.05) is 12.1 Å². The summed E-state index contributed by atoms with van der Waals surface area (Å²) in [6.45, 7) is 14.9. The maximum absolute atomic E-state index is 14.6. The van der Waals surface area contributed by atoms with Crippen molar-refractivity contribution >= 4 is 69.2 Å². The molecule has 17 aromatic rings. The summed E-state index contributed by atoms with van der Waals surface area (Å²) >= 11 is 0. The van der Waals surface area contributed by atoms with Gasteiger partial charge in [-0.25, -0.2) is 53.0 Å². The van der Waals surface area contributed by atoms with Crippen molar-refractivity contribution in [1.29, 1.82) is 0 Å². The van der Waals surface area contributed by atoms with E-state index in [1.54, 1.807) is 101 Å². The first-order valence-corrected chi connectivity index (χ1v) is 39.5. The zero-order chi connectivity index (χ0) is 85.1. The number of aromatic nitrogens is 20. The molecular formula is C87H87F3N26O6. The third kappa shape index (κ3) is 15.4. The molecule has 0 bridgehead atoms. The Kier molecular flexibility index (Phi) is 21.4. The number of amides is 2. The topological polar surface area (TPSA) is 330 Å². The van der Waals surface area contributed by atoms with Gasteiger partial charge in [-0.3, -0.25) is 45.9 Å². The van der Waals surface area contributed by atoms with Crippen molar-refractivity contribution in [3.63, 3.8) is 0 Å². The minimum Gasteiger partial charge on any atom is -0.493 e. The Labute approximate surface area is 696 Å². The second-order valence-corrected chi connectivity index (χ2v) is 30.2. The molecule has 0 atom stereocenters. The van der Waals surface area contributed by atoms with Crippen LogP contribution >= 0.6 is 0 Å². The van der Waals surface area contributed by atoms with Crippen molar-refractivity contribution in [3.05, 3.63) is 243 Å². The fourth-order valence-corrected chi connectivity index (χ4v) is 15.8. The van der Waals surface area contributed by atoms with Gasteiger partial charge in [0.1, 0.15) is 51.7 Å². The smallest absolute Gasteiger partial charge is 0.273 e. The molecule has 32 nitrogen and oxygen atoms in total. The van der Waals surface area contributed by atoms with E-state index >= 15 is 0 Å². The van der Waals surface area contributed by atoms with Crippen LogP contribution in [0.15, 0.2) is 145 Å². The number of imidazole rings is 4. The normalized spacial score (nSPS) is 12.5. The van der Waals surface area contributed by atoms with E-state index in [2.05, 4.69) is 89.0 Å². The van der Waals surface area contributed by atoms with E-state index in [1.807, 2.05) is 137 Å². The zero-order valence-electron chi connectivity index (χ0n) is 69.3. The van der Waals surface area contributed by atoms with Crippen molar-refractivity contribution in [2.45, 2.75) is 87.0 Å². The monoisotopic (exact) mass is 1650 g/mol. The number of carbonyl (C=O) groups excluding carboxylic acids is 2. The molecule has 0 aliphatic carbocycles. The molecule has 16 heterocycles. The number of nitrogens with zero attached hydrogens (tertiary/aromatic N) is 21. The molecule has 2 amide bonds. The average Bonchev–Trinajstić information content (AvgIpc) is 1.62. The van der Waals surface area contributed by atoms with Crippen LogP contribution in [-0.4, -0.2) is 154 Å². The van der Waals surface area contributed by atoms with Gasteiger partial charge in [0.05, 0.1) is 105 Å². The number of hydrogen-bond acceptors (Lipinski definition) is 22. The summed E-state index contributed by atoms with van der Waals surface area (Å²) in [6, 6.07) is 25.1. The first kappa shape index (κ1) is 79.5. The molecule has 4 aromatic carbocycles. The molecule has 0 fully saturated rings. The number of hydrogen-bond donors (Lipinski definition) is 5. The van der Waals surface area contributed by atoms with E-state index in [-0.39, 0.29) is 60.3 Å². The van der Waals surface area contributed by atoms with Crippen LogP contribution < -0.4 is 40.8 Å².